The second-order valence-electron chi connectivity index (χ2n) is 5.31. The molecule has 0 fully saturated rings. The Labute approximate surface area is 125 Å². The summed E-state index contributed by atoms with van der Waals surface area (Å²) < 4.78 is 0. The third kappa shape index (κ3) is 3.35. The van der Waals surface area contributed by atoms with Crippen molar-refractivity contribution in [1.82, 2.24) is 4.90 Å². The van der Waals surface area contributed by atoms with E-state index in [1.54, 1.807) is 4.90 Å². The molecule has 0 saturated heterocycles. The lowest BCUT2D eigenvalue weighted by molar-refractivity contribution is -0.141. The first kappa shape index (κ1) is 15.4. The number of benzene rings is 1. The molecule has 114 valence electrons. The smallest absolute Gasteiger partial charge is 0.308 e. The number of aliphatic carboxylic acids is 1. The fraction of sp³-hybridized carbons (Fsp3) is 0.500. The molecule has 1 unspecified atom stereocenters. The standard InChI is InChI=1S/C16H22N2O3/c1-3-17(4-2)15(19)11-18-10-13(16(20)21)9-12-7-5-6-8-14(12)18/h5-8,13H,3-4,9-11H2,1-2H3,(H,20,21). The van der Waals surface area contributed by atoms with Crippen molar-refractivity contribution in [2.24, 2.45) is 5.92 Å². The quantitative estimate of drug-likeness (QED) is 0.895. The summed E-state index contributed by atoms with van der Waals surface area (Å²) in [5.74, 6) is -1.21. The molecule has 0 aromatic heterocycles. The molecule has 1 aromatic carbocycles. The van der Waals surface area contributed by atoms with E-state index in [2.05, 4.69) is 0 Å². The first-order valence-corrected chi connectivity index (χ1v) is 7.40. The van der Waals surface area contributed by atoms with Crippen molar-refractivity contribution in [3.05, 3.63) is 29.8 Å². The molecule has 1 aliphatic rings. The maximum absolute atomic E-state index is 12.3. The van der Waals surface area contributed by atoms with E-state index in [1.165, 1.54) is 0 Å². The highest BCUT2D eigenvalue weighted by Gasteiger charge is 2.30. The number of carbonyl (C=O) groups is 2. The van der Waals surface area contributed by atoms with E-state index in [9.17, 15) is 14.7 Å². The highest BCUT2D eigenvalue weighted by atomic mass is 16.4. The Bertz CT molecular complexity index is 526. The van der Waals surface area contributed by atoms with Crippen LogP contribution in [-0.2, 0) is 16.0 Å². The zero-order valence-corrected chi connectivity index (χ0v) is 12.6. The first-order valence-electron chi connectivity index (χ1n) is 7.40. The summed E-state index contributed by atoms with van der Waals surface area (Å²) >= 11 is 0. The van der Waals surface area contributed by atoms with E-state index < -0.39 is 11.9 Å². The zero-order chi connectivity index (χ0) is 15.4. The molecule has 0 radical (unpaired) electrons. The van der Waals surface area contributed by atoms with Gasteiger partial charge in [-0.15, -0.1) is 0 Å². The van der Waals surface area contributed by atoms with Crippen molar-refractivity contribution >= 4 is 17.6 Å². The first-order chi connectivity index (χ1) is 10.1. The number of para-hydroxylation sites is 1. The number of hydrogen-bond donors (Lipinski definition) is 1. The molecule has 0 bridgehead atoms. The lowest BCUT2D eigenvalue weighted by Gasteiger charge is -2.35. The average Bonchev–Trinajstić information content (AvgIpc) is 2.48. The number of rotatable bonds is 5. The van der Waals surface area contributed by atoms with Gasteiger partial charge in [-0.1, -0.05) is 18.2 Å². The molecule has 1 N–H and O–H groups in total. The molecule has 5 nitrogen and oxygen atoms in total. The summed E-state index contributed by atoms with van der Waals surface area (Å²) in [6.07, 6.45) is 0.529. The minimum atomic E-state index is -0.801. The molecule has 1 heterocycles. The molecule has 0 saturated carbocycles. The molecule has 0 spiro atoms. The van der Waals surface area contributed by atoms with E-state index >= 15 is 0 Å². The SMILES string of the molecule is CCN(CC)C(=O)CN1CC(C(=O)O)Cc2ccccc21. The molecule has 5 heteroatoms. The topological polar surface area (TPSA) is 60.9 Å². The summed E-state index contributed by atoms with van der Waals surface area (Å²) in [7, 11) is 0. The molecule has 1 atom stereocenters. The Balaban J connectivity index is 2.21. The molecule has 1 amide bonds. The molecule has 1 aliphatic heterocycles. The van der Waals surface area contributed by atoms with Crippen LogP contribution in [0.5, 0.6) is 0 Å². The highest BCUT2D eigenvalue weighted by molar-refractivity contribution is 5.83. The fourth-order valence-electron chi connectivity index (χ4n) is 2.84. The van der Waals surface area contributed by atoms with Gasteiger partial charge in [0.25, 0.3) is 0 Å². The largest absolute Gasteiger partial charge is 0.481 e. The molecular weight excluding hydrogens is 268 g/mol. The van der Waals surface area contributed by atoms with Gasteiger partial charge in [0.15, 0.2) is 0 Å². The number of anilines is 1. The van der Waals surface area contributed by atoms with Gasteiger partial charge in [0.2, 0.25) is 5.91 Å². The number of likely N-dealkylation sites (N-methyl/N-ethyl adjacent to an activating group) is 1. The van der Waals surface area contributed by atoms with Crippen molar-refractivity contribution in [2.45, 2.75) is 20.3 Å². The Morgan fingerprint density at radius 1 is 1.29 bits per heavy atom. The normalized spacial score (nSPS) is 17.2. The van der Waals surface area contributed by atoms with E-state index in [0.717, 1.165) is 11.3 Å². The summed E-state index contributed by atoms with van der Waals surface area (Å²) in [4.78, 5) is 27.3. The van der Waals surface area contributed by atoms with Crippen molar-refractivity contribution in [3.63, 3.8) is 0 Å². The van der Waals surface area contributed by atoms with Gasteiger partial charge < -0.3 is 14.9 Å². The van der Waals surface area contributed by atoms with Gasteiger partial charge in [-0.25, -0.2) is 0 Å². The Hall–Kier alpha value is -2.04. The zero-order valence-electron chi connectivity index (χ0n) is 12.6. The second-order valence-corrected chi connectivity index (χ2v) is 5.31. The number of amides is 1. The number of carboxylic acid groups (broad SMARTS) is 1. The Morgan fingerprint density at radius 3 is 2.57 bits per heavy atom. The van der Waals surface area contributed by atoms with Crippen molar-refractivity contribution < 1.29 is 14.7 Å². The summed E-state index contributed by atoms with van der Waals surface area (Å²) in [5, 5.41) is 9.30. The molecule has 21 heavy (non-hydrogen) atoms. The van der Waals surface area contributed by atoms with Crippen LogP contribution in [0.4, 0.5) is 5.69 Å². The van der Waals surface area contributed by atoms with E-state index in [1.807, 2.05) is 43.0 Å². The van der Waals surface area contributed by atoms with Gasteiger partial charge in [-0.3, -0.25) is 9.59 Å². The number of nitrogens with zero attached hydrogens (tertiary/aromatic N) is 2. The maximum atomic E-state index is 12.3. The predicted molar refractivity (Wildman–Crippen MR) is 81.4 cm³/mol. The lowest BCUT2D eigenvalue weighted by Crippen LogP contribution is -2.45. The number of fused-ring (bicyclic) bond motifs is 1. The molecule has 0 aliphatic carbocycles. The summed E-state index contributed by atoms with van der Waals surface area (Å²) in [5.41, 5.74) is 1.99. The summed E-state index contributed by atoms with van der Waals surface area (Å²) in [6, 6.07) is 7.74. The van der Waals surface area contributed by atoms with Gasteiger partial charge >= 0.3 is 5.97 Å². The highest BCUT2D eigenvalue weighted by Crippen LogP contribution is 2.29. The van der Waals surface area contributed by atoms with Gasteiger partial charge in [0, 0.05) is 25.3 Å². The Morgan fingerprint density at radius 2 is 1.95 bits per heavy atom. The molecule has 2 rings (SSSR count). The second kappa shape index (κ2) is 6.61. The van der Waals surface area contributed by atoms with E-state index in [-0.39, 0.29) is 12.5 Å². The van der Waals surface area contributed by atoms with Gasteiger partial charge in [0.1, 0.15) is 0 Å². The van der Waals surface area contributed by atoms with Crippen LogP contribution >= 0.6 is 0 Å². The maximum Gasteiger partial charge on any atom is 0.308 e. The van der Waals surface area contributed by atoms with E-state index in [0.29, 0.717) is 26.1 Å². The van der Waals surface area contributed by atoms with Crippen LogP contribution in [0.1, 0.15) is 19.4 Å². The Kier molecular flexibility index (Phi) is 4.83. The van der Waals surface area contributed by atoms with Crippen LogP contribution in [0.15, 0.2) is 24.3 Å². The average molecular weight is 290 g/mol. The van der Waals surface area contributed by atoms with Gasteiger partial charge in [0.05, 0.1) is 12.5 Å². The number of carbonyl (C=O) groups excluding carboxylic acids is 1. The minimum Gasteiger partial charge on any atom is -0.481 e. The third-order valence-electron chi connectivity index (χ3n) is 4.03. The van der Waals surface area contributed by atoms with Crippen molar-refractivity contribution in [1.29, 1.82) is 0 Å². The van der Waals surface area contributed by atoms with Crippen LogP contribution in [-0.4, -0.2) is 48.1 Å². The van der Waals surface area contributed by atoms with Crippen molar-refractivity contribution in [2.75, 3.05) is 31.1 Å². The van der Waals surface area contributed by atoms with Crippen LogP contribution in [0.3, 0.4) is 0 Å². The predicted octanol–water partition coefficient (Wildman–Crippen LogP) is 1.62. The molecular formula is C16H22N2O3. The molecule has 1 aromatic rings. The van der Waals surface area contributed by atoms with Crippen LogP contribution in [0, 0.1) is 5.92 Å². The fourth-order valence-corrected chi connectivity index (χ4v) is 2.84. The van der Waals surface area contributed by atoms with Gasteiger partial charge in [-0.05, 0) is 31.9 Å². The van der Waals surface area contributed by atoms with E-state index in [4.69, 9.17) is 0 Å². The monoisotopic (exact) mass is 290 g/mol. The number of hydrogen-bond acceptors (Lipinski definition) is 3. The summed E-state index contributed by atoms with van der Waals surface area (Å²) in [6.45, 7) is 5.87. The van der Waals surface area contributed by atoms with Crippen LogP contribution < -0.4 is 4.90 Å². The lowest BCUT2D eigenvalue weighted by atomic mass is 9.92. The van der Waals surface area contributed by atoms with Crippen molar-refractivity contribution in [3.8, 4) is 0 Å². The number of carboxylic acids is 1. The third-order valence-corrected chi connectivity index (χ3v) is 4.03. The van der Waals surface area contributed by atoms with Gasteiger partial charge in [-0.2, -0.15) is 0 Å². The van der Waals surface area contributed by atoms with Crippen LogP contribution in [0.25, 0.3) is 0 Å². The minimum absolute atomic E-state index is 0.0424. The van der Waals surface area contributed by atoms with Crippen LogP contribution in [0.2, 0.25) is 0 Å².